The summed E-state index contributed by atoms with van der Waals surface area (Å²) in [5.74, 6) is 0.419. The third kappa shape index (κ3) is 1.76. The van der Waals surface area contributed by atoms with E-state index in [0.29, 0.717) is 24.4 Å². The molecule has 2 rings (SSSR count). The molecule has 0 radical (unpaired) electrons. The molecule has 1 aliphatic heterocycles. The Bertz CT molecular complexity index is 376. The predicted octanol–water partition coefficient (Wildman–Crippen LogP) is 1.88. The lowest BCUT2D eigenvalue weighted by atomic mass is 10.1. The van der Waals surface area contributed by atoms with Crippen LogP contribution in [-0.4, -0.2) is 23.7 Å². The quantitative estimate of drug-likeness (QED) is 0.817. The van der Waals surface area contributed by atoms with Crippen molar-refractivity contribution in [3.8, 4) is 5.75 Å². The first-order chi connectivity index (χ1) is 7.65. The van der Waals surface area contributed by atoms with Crippen LogP contribution in [0.5, 0.6) is 5.75 Å². The van der Waals surface area contributed by atoms with Gasteiger partial charge < -0.3 is 15.7 Å². The van der Waals surface area contributed by atoms with Crippen LogP contribution in [0.1, 0.15) is 25.8 Å². The fourth-order valence-corrected chi connectivity index (χ4v) is 2.68. The lowest BCUT2D eigenvalue weighted by Crippen LogP contribution is -2.38. The number of fused-ring (bicyclic) bond motifs is 1. The fraction of sp³-hybridized carbons (Fsp3) is 0.538. The normalized spacial score (nSPS) is 19.2. The minimum atomic E-state index is 0.419. The van der Waals surface area contributed by atoms with E-state index >= 15 is 0 Å². The average molecular weight is 220 g/mol. The van der Waals surface area contributed by atoms with Crippen LogP contribution < -0.4 is 10.6 Å². The van der Waals surface area contributed by atoms with Crippen LogP contribution in [0.15, 0.2) is 18.2 Å². The minimum Gasteiger partial charge on any atom is -0.508 e. The molecule has 0 saturated heterocycles. The van der Waals surface area contributed by atoms with Crippen LogP contribution in [0.4, 0.5) is 5.69 Å². The summed E-state index contributed by atoms with van der Waals surface area (Å²) in [6, 6.07) is 6.65. The lowest BCUT2D eigenvalue weighted by molar-refractivity contribution is 0.467. The number of rotatable bonds is 3. The maximum absolute atomic E-state index is 9.86. The van der Waals surface area contributed by atoms with Gasteiger partial charge in [-0.25, -0.2) is 0 Å². The van der Waals surface area contributed by atoms with Gasteiger partial charge in [-0.3, -0.25) is 0 Å². The van der Waals surface area contributed by atoms with Gasteiger partial charge in [0.15, 0.2) is 0 Å². The van der Waals surface area contributed by atoms with Crippen molar-refractivity contribution in [3.63, 3.8) is 0 Å². The standard InChI is InChI=1S/C13H20N2O/c1-9(2)15-10(6-7-14)8-11-12(15)4-3-5-13(11)16/h3-5,9-10,16H,6-8,14H2,1-2H3. The van der Waals surface area contributed by atoms with E-state index < -0.39 is 0 Å². The number of aromatic hydroxyl groups is 1. The van der Waals surface area contributed by atoms with Crippen LogP contribution >= 0.6 is 0 Å². The molecular weight excluding hydrogens is 200 g/mol. The Labute approximate surface area is 96.9 Å². The van der Waals surface area contributed by atoms with E-state index in [1.165, 1.54) is 5.69 Å². The van der Waals surface area contributed by atoms with E-state index in [9.17, 15) is 5.11 Å². The van der Waals surface area contributed by atoms with E-state index in [0.717, 1.165) is 18.4 Å². The molecule has 0 aromatic heterocycles. The highest BCUT2D eigenvalue weighted by molar-refractivity contribution is 5.64. The van der Waals surface area contributed by atoms with Crippen molar-refractivity contribution in [1.29, 1.82) is 0 Å². The van der Waals surface area contributed by atoms with Gasteiger partial charge in [0.25, 0.3) is 0 Å². The van der Waals surface area contributed by atoms with Gasteiger partial charge in [0.1, 0.15) is 5.75 Å². The van der Waals surface area contributed by atoms with Gasteiger partial charge in [-0.2, -0.15) is 0 Å². The van der Waals surface area contributed by atoms with Crippen molar-refractivity contribution in [2.45, 2.75) is 38.8 Å². The molecule has 0 bridgehead atoms. The lowest BCUT2D eigenvalue weighted by Gasteiger charge is -2.31. The Morgan fingerprint density at radius 2 is 2.25 bits per heavy atom. The van der Waals surface area contributed by atoms with Crippen LogP contribution in [0.2, 0.25) is 0 Å². The Kier molecular flexibility index (Phi) is 3.06. The summed E-state index contributed by atoms with van der Waals surface area (Å²) in [6.45, 7) is 5.06. The Morgan fingerprint density at radius 3 is 2.88 bits per heavy atom. The predicted molar refractivity (Wildman–Crippen MR) is 66.9 cm³/mol. The number of phenols is 1. The number of anilines is 1. The van der Waals surface area contributed by atoms with Crippen LogP contribution in [0.25, 0.3) is 0 Å². The summed E-state index contributed by atoms with van der Waals surface area (Å²) in [6.07, 6.45) is 1.89. The number of hydrogen-bond donors (Lipinski definition) is 2. The van der Waals surface area contributed by atoms with E-state index in [4.69, 9.17) is 5.73 Å². The minimum absolute atomic E-state index is 0.419. The van der Waals surface area contributed by atoms with Crippen molar-refractivity contribution in [1.82, 2.24) is 0 Å². The molecule has 0 aliphatic carbocycles. The SMILES string of the molecule is CC(C)N1c2cccc(O)c2CC1CCN. The molecule has 1 aromatic rings. The Hall–Kier alpha value is -1.22. The summed E-state index contributed by atoms with van der Waals surface area (Å²) < 4.78 is 0. The molecule has 88 valence electrons. The van der Waals surface area contributed by atoms with Gasteiger partial charge in [0.2, 0.25) is 0 Å². The van der Waals surface area contributed by atoms with E-state index in [-0.39, 0.29) is 0 Å². The summed E-state index contributed by atoms with van der Waals surface area (Å²) in [7, 11) is 0. The number of hydrogen-bond acceptors (Lipinski definition) is 3. The molecule has 1 atom stereocenters. The van der Waals surface area contributed by atoms with Gasteiger partial charge in [-0.1, -0.05) is 6.07 Å². The zero-order valence-corrected chi connectivity index (χ0v) is 9.98. The molecule has 3 heteroatoms. The summed E-state index contributed by atoms with van der Waals surface area (Å²) in [5.41, 5.74) is 7.91. The second kappa shape index (κ2) is 4.34. The number of nitrogens with zero attached hydrogens (tertiary/aromatic N) is 1. The third-order valence-corrected chi connectivity index (χ3v) is 3.29. The maximum atomic E-state index is 9.86. The number of phenolic OH excluding ortho intramolecular Hbond substituents is 1. The highest BCUT2D eigenvalue weighted by atomic mass is 16.3. The van der Waals surface area contributed by atoms with Gasteiger partial charge >= 0.3 is 0 Å². The molecule has 1 aromatic carbocycles. The smallest absolute Gasteiger partial charge is 0.120 e. The highest BCUT2D eigenvalue weighted by Crippen LogP contribution is 2.39. The Morgan fingerprint density at radius 1 is 1.50 bits per heavy atom. The van der Waals surface area contributed by atoms with Crippen LogP contribution in [0, 0.1) is 0 Å². The topological polar surface area (TPSA) is 49.5 Å². The average Bonchev–Trinajstić information content (AvgIpc) is 2.58. The first-order valence-electron chi connectivity index (χ1n) is 5.94. The van der Waals surface area contributed by atoms with E-state index in [1.807, 2.05) is 6.07 Å². The van der Waals surface area contributed by atoms with Crippen LogP contribution in [-0.2, 0) is 6.42 Å². The third-order valence-electron chi connectivity index (χ3n) is 3.29. The first kappa shape index (κ1) is 11.3. The molecule has 1 unspecified atom stereocenters. The van der Waals surface area contributed by atoms with Crippen molar-refractivity contribution in [3.05, 3.63) is 23.8 Å². The van der Waals surface area contributed by atoms with Gasteiger partial charge in [0, 0.05) is 23.3 Å². The molecule has 1 heterocycles. The molecule has 16 heavy (non-hydrogen) atoms. The second-order valence-electron chi connectivity index (χ2n) is 4.71. The largest absolute Gasteiger partial charge is 0.508 e. The van der Waals surface area contributed by atoms with Gasteiger partial charge in [-0.15, -0.1) is 0 Å². The van der Waals surface area contributed by atoms with E-state index in [2.05, 4.69) is 24.8 Å². The summed E-state index contributed by atoms with van der Waals surface area (Å²) in [4.78, 5) is 2.38. The van der Waals surface area contributed by atoms with Crippen molar-refractivity contribution in [2.75, 3.05) is 11.4 Å². The molecule has 0 saturated carbocycles. The first-order valence-corrected chi connectivity index (χ1v) is 5.94. The summed E-state index contributed by atoms with van der Waals surface area (Å²) in [5, 5.41) is 9.86. The molecule has 0 spiro atoms. The molecular formula is C13H20N2O. The van der Waals surface area contributed by atoms with Crippen molar-refractivity contribution >= 4 is 5.69 Å². The molecule has 3 N–H and O–H groups in total. The molecule has 1 aliphatic rings. The number of nitrogens with two attached hydrogens (primary N) is 1. The van der Waals surface area contributed by atoms with Gasteiger partial charge in [0.05, 0.1) is 0 Å². The zero-order valence-electron chi connectivity index (χ0n) is 9.98. The van der Waals surface area contributed by atoms with Crippen molar-refractivity contribution in [2.24, 2.45) is 5.73 Å². The summed E-state index contributed by atoms with van der Waals surface area (Å²) >= 11 is 0. The van der Waals surface area contributed by atoms with Crippen LogP contribution in [0.3, 0.4) is 0 Å². The monoisotopic (exact) mass is 220 g/mol. The highest BCUT2D eigenvalue weighted by Gasteiger charge is 2.31. The fourth-order valence-electron chi connectivity index (χ4n) is 2.68. The zero-order chi connectivity index (χ0) is 11.7. The molecule has 3 nitrogen and oxygen atoms in total. The van der Waals surface area contributed by atoms with Crippen molar-refractivity contribution < 1.29 is 5.11 Å². The molecule has 0 amide bonds. The molecule has 0 fully saturated rings. The maximum Gasteiger partial charge on any atom is 0.120 e. The second-order valence-corrected chi connectivity index (χ2v) is 4.71. The van der Waals surface area contributed by atoms with Gasteiger partial charge in [-0.05, 0) is 45.4 Å². The van der Waals surface area contributed by atoms with E-state index in [1.54, 1.807) is 6.07 Å². The Balaban J connectivity index is 2.37. The number of benzene rings is 1.